The maximum absolute atomic E-state index is 4.17. The second kappa shape index (κ2) is 4.70. The van der Waals surface area contributed by atoms with Crippen LogP contribution in [0.15, 0.2) is 42.6 Å². The summed E-state index contributed by atoms with van der Waals surface area (Å²) in [6, 6.07) is 11.0. The van der Waals surface area contributed by atoms with Crippen molar-refractivity contribution in [2.24, 2.45) is 11.3 Å². The van der Waals surface area contributed by atoms with Gasteiger partial charge in [0, 0.05) is 18.8 Å². The van der Waals surface area contributed by atoms with Crippen molar-refractivity contribution < 1.29 is 0 Å². The quantitative estimate of drug-likeness (QED) is 0.727. The van der Waals surface area contributed by atoms with Gasteiger partial charge in [-0.2, -0.15) is 0 Å². The van der Waals surface area contributed by atoms with Crippen LogP contribution in [0.1, 0.15) is 44.6 Å². The highest BCUT2D eigenvalue weighted by atomic mass is 15.1. The molecule has 2 fully saturated rings. The molecule has 2 atom stereocenters. The third-order valence-corrected chi connectivity index (χ3v) is 4.82. The van der Waals surface area contributed by atoms with Crippen LogP contribution in [-0.4, -0.2) is 18.0 Å². The van der Waals surface area contributed by atoms with E-state index in [4.69, 9.17) is 0 Å². The molecule has 19 heavy (non-hydrogen) atoms. The van der Waals surface area contributed by atoms with Crippen LogP contribution in [-0.2, 0) is 0 Å². The summed E-state index contributed by atoms with van der Waals surface area (Å²) < 4.78 is 0. The highest BCUT2D eigenvalue weighted by Gasteiger charge is 2.51. The van der Waals surface area contributed by atoms with Gasteiger partial charge in [-0.15, -0.1) is 0 Å². The number of hydrogen-bond acceptors (Lipinski definition) is 1. The van der Waals surface area contributed by atoms with Crippen LogP contribution in [0.5, 0.6) is 0 Å². The van der Waals surface area contributed by atoms with Crippen LogP contribution in [0.4, 0.5) is 0 Å². The second-order valence-corrected chi connectivity index (χ2v) is 6.88. The third-order valence-electron chi connectivity index (χ3n) is 4.82. The van der Waals surface area contributed by atoms with Gasteiger partial charge in [-0.25, -0.2) is 0 Å². The van der Waals surface area contributed by atoms with Gasteiger partial charge >= 0.3 is 0 Å². The van der Waals surface area contributed by atoms with Gasteiger partial charge < -0.3 is 4.90 Å². The van der Waals surface area contributed by atoms with Crippen molar-refractivity contribution in [2.75, 3.05) is 13.1 Å². The highest BCUT2D eigenvalue weighted by Crippen LogP contribution is 2.59. The van der Waals surface area contributed by atoms with Crippen LogP contribution in [0.2, 0.25) is 0 Å². The molecule has 0 spiro atoms. The summed E-state index contributed by atoms with van der Waals surface area (Å²) in [5.41, 5.74) is 3.21. The Kier molecular flexibility index (Phi) is 3.16. The molecule has 1 aromatic carbocycles. The zero-order valence-electron chi connectivity index (χ0n) is 12.2. The first-order chi connectivity index (χ1) is 9.08. The molecule has 3 rings (SSSR count). The molecule has 2 unspecified atom stereocenters. The fourth-order valence-electron chi connectivity index (χ4n) is 3.19. The first kappa shape index (κ1) is 12.8. The Bertz CT molecular complexity index is 460. The van der Waals surface area contributed by atoms with E-state index in [2.05, 4.69) is 55.7 Å². The van der Waals surface area contributed by atoms with Gasteiger partial charge in [0.2, 0.25) is 0 Å². The van der Waals surface area contributed by atoms with Crippen LogP contribution >= 0.6 is 0 Å². The Morgan fingerprint density at radius 2 is 2.00 bits per heavy atom. The molecule has 0 amide bonds. The second-order valence-electron chi connectivity index (χ2n) is 6.88. The molecule has 2 saturated carbocycles. The number of rotatable bonds is 6. The molecule has 0 aromatic heterocycles. The summed E-state index contributed by atoms with van der Waals surface area (Å²) in [5.74, 6) is 1.68. The average molecular weight is 255 g/mol. The number of benzene rings is 1. The predicted octanol–water partition coefficient (Wildman–Crippen LogP) is 4.43. The monoisotopic (exact) mass is 255 g/mol. The van der Waals surface area contributed by atoms with E-state index >= 15 is 0 Å². The Morgan fingerprint density at radius 3 is 2.58 bits per heavy atom. The van der Waals surface area contributed by atoms with E-state index < -0.39 is 0 Å². The lowest BCUT2D eigenvalue weighted by Crippen LogP contribution is -2.30. The Balaban J connectivity index is 1.64. The molecule has 0 aliphatic heterocycles. The molecule has 0 bridgehead atoms. The lowest BCUT2D eigenvalue weighted by atomic mass is 10.00. The lowest BCUT2D eigenvalue weighted by molar-refractivity contribution is 0.270. The van der Waals surface area contributed by atoms with E-state index in [9.17, 15) is 0 Å². The van der Waals surface area contributed by atoms with E-state index in [1.165, 1.54) is 43.6 Å². The molecule has 2 aliphatic carbocycles. The van der Waals surface area contributed by atoms with Crippen molar-refractivity contribution in [3.05, 3.63) is 48.2 Å². The molecule has 102 valence electrons. The van der Waals surface area contributed by atoms with Crippen molar-refractivity contribution in [1.29, 1.82) is 0 Å². The normalized spacial score (nSPS) is 29.1. The maximum Gasteiger partial charge on any atom is 0.0234 e. The summed E-state index contributed by atoms with van der Waals surface area (Å²) in [6.45, 7) is 11.2. The molecule has 2 aliphatic rings. The number of hydrogen-bond donors (Lipinski definition) is 0. The van der Waals surface area contributed by atoms with Gasteiger partial charge in [0.25, 0.3) is 0 Å². The first-order valence-corrected chi connectivity index (χ1v) is 7.54. The van der Waals surface area contributed by atoms with Crippen molar-refractivity contribution >= 4 is 0 Å². The lowest BCUT2D eigenvalue weighted by Gasteiger charge is -2.28. The fraction of sp³-hybridized carbons (Fsp3) is 0.556. The first-order valence-electron chi connectivity index (χ1n) is 7.54. The summed E-state index contributed by atoms with van der Waals surface area (Å²) in [6.07, 6.45) is 4.16. The van der Waals surface area contributed by atoms with Crippen molar-refractivity contribution in [3.8, 4) is 0 Å². The van der Waals surface area contributed by atoms with Gasteiger partial charge in [-0.05, 0) is 49.0 Å². The van der Waals surface area contributed by atoms with E-state index in [1.54, 1.807) is 0 Å². The van der Waals surface area contributed by atoms with Crippen molar-refractivity contribution in [1.82, 2.24) is 4.90 Å². The van der Waals surface area contributed by atoms with Gasteiger partial charge in [-0.1, -0.05) is 43.8 Å². The average Bonchev–Trinajstić information content (AvgIpc) is 3.28. The van der Waals surface area contributed by atoms with Crippen LogP contribution in [0.25, 0.3) is 0 Å². The number of nitrogens with zero attached hydrogens (tertiary/aromatic N) is 1. The predicted molar refractivity (Wildman–Crippen MR) is 81.0 cm³/mol. The largest absolute Gasteiger partial charge is 0.375 e. The van der Waals surface area contributed by atoms with Crippen molar-refractivity contribution in [3.63, 3.8) is 0 Å². The van der Waals surface area contributed by atoms with E-state index in [1.807, 2.05) is 0 Å². The van der Waals surface area contributed by atoms with Crippen LogP contribution in [0.3, 0.4) is 0 Å². The maximum atomic E-state index is 4.17. The molecule has 0 radical (unpaired) electrons. The van der Waals surface area contributed by atoms with Gasteiger partial charge in [-0.3, -0.25) is 0 Å². The minimum absolute atomic E-state index is 0.454. The standard InChI is InChI=1S/C18H25N/c1-14(2)19(12-15-9-10-15)13-18(3)11-17(18)16-7-5-4-6-8-16/h4-8,15,17H,1,9-13H2,2-3H3. The summed E-state index contributed by atoms with van der Waals surface area (Å²) >= 11 is 0. The van der Waals surface area contributed by atoms with Gasteiger partial charge in [0.05, 0.1) is 0 Å². The van der Waals surface area contributed by atoms with E-state index in [0.717, 1.165) is 11.8 Å². The van der Waals surface area contributed by atoms with Crippen LogP contribution in [0, 0.1) is 11.3 Å². The zero-order chi connectivity index (χ0) is 13.5. The topological polar surface area (TPSA) is 3.24 Å². The van der Waals surface area contributed by atoms with E-state index in [-0.39, 0.29) is 0 Å². The van der Waals surface area contributed by atoms with Gasteiger partial charge in [0.1, 0.15) is 0 Å². The summed E-state index contributed by atoms with van der Waals surface area (Å²) in [4.78, 5) is 2.53. The molecule has 1 heteroatoms. The summed E-state index contributed by atoms with van der Waals surface area (Å²) in [7, 11) is 0. The Hall–Kier alpha value is -1.24. The smallest absolute Gasteiger partial charge is 0.0234 e. The van der Waals surface area contributed by atoms with E-state index in [0.29, 0.717) is 5.41 Å². The minimum Gasteiger partial charge on any atom is -0.375 e. The van der Waals surface area contributed by atoms with Crippen molar-refractivity contribution in [2.45, 2.75) is 39.0 Å². The van der Waals surface area contributed by atoms with Gasteiger partial charge in [0.15, 0.2) is 0 Å². The molecular formula is C18H25N. The molecule has 1 nitrogen and oxygen atoms in total. The highest BCUT2D eigenvalue weighted by molar-refractivity contribution is 5.29. The molecule has 0 N–H and O–H groups in total. The van der Waals surface area contributed by atoms with Crippen LogP contribution < -0.4 is 0 Å². The molecule has 1 aromatic rings. The molecular weight excluding hydrogens is 230 g/mol. The molecule has 0 heterocycles. The fourth-order valence-corrected chi connectivity index (χ4v) is 3.19. The Labute approximate surface area is 117 Å². The minimum atomic E-state index is 0.454. The SMILES string of the molecule is C=C(C)N(CC1CC1)CC1(C)CC1c1ccccc1. The zero-order valence-corrected chi connectivity index (χ0v) is 12.2. The molecule has 0 saturated heterocycles. The third kappa shape index (κ3) is 2.86. The number of allylic oxidation sites excluding steroid dienone is 1. The summed E-state index contributed by atoms with van der Waals surface area (Å²) in [5, 5.41) is 0. The Morgan fingerprint density at radius 1 is 1.32 bits per heavy atom.